The van der Waals surface area contributed by atoms with E-state index in [0.717, 1.165) is 12.8 Å². The Kier molecular flexibility index (Phi) is 32.0. The second kappa shape index (κ2) is 24.6. The molecule has 0 saturated heterocycles. The molecule has 0 atom stereocenters. The Morgan fingerprint density at radius 1 is 1.25 bits per heavy atom. The molecule has 2 aromatic rings. The molecule has 0 heterocycles. The van der Waals surface area contributed by atoms with Crippen LogP contribution in [0.5, 0.6) is 0 Å². The predicted molar refractivity (Wildman–Crippen MR) is 111 cm³/mol. The third-order valence-corrected chi connectivity index (χ3v) is 2.49. The van der Waals surface area contributed by atoms with Gasteiger partial charge in [-0.3, -0.25) is 6.08 Å². The Hall–Kier alpha value is -0.617. The van der Waals surface area contributed by atoms with Gasteiger partial charge in [-0.05, 0) is 0 Å². The monoisotopic (exact) mass is 440 g/mol. The van der Waals surface area contributed by atoms with E-state index in [0.29, 0.717) is 0 Å². The van der Waals surface area contributed by atoms with Crippen molar-refractivity contribution in [2.45, 2.75) is 26.2 Å². The van der Waals surface area contributed by atoms with Gasteiger partial charge in [-0.15, -0.1) is 60.9 Å². The van der Waals surface area contributed by atoms with Gasteiger partial charge in [0.1, 0.15) is 0 Å². The number of allylic oxidation sites excluding steroid dienone is 5. The number of fused-ring (bicyclic) bond motifs is 1. The van der Waals surface area contributed by atoms with Crippen LogP contribution >= 0.6 is 24.8 Å². The van der Waals surface area contributed by atoms with E-state index in [2.05, 4.69) is 82.0 Å². The molecule has 0 unspecified atom stereocenters. The zero-order valence-electron chi connectivity index (χ0n) is 14.4. The van der Waals surface area contributed by atoms with Crippen LogP contribution in [0.15, 0.2) is 73.3 Å². The van der Waals surface area contributed by atoms with Gasteiger partial charge in [0, 0.05) is 0 Å². The molecule has 0 N–H and O–H groups in total. The van der Waals surface area contributed by atoms with Crippen LogP contribution in [-0.2, 0) is 26.2 Å². The largest absolute Gasteiger partial charge is 4.00 e. The number of rotatable bonds is 1. The van der Waals surface area contributed by atoms with Gasteiger partial charge in [0.2, 0.25) is 0 Å². The fourth-order valence-corrected chi connectivity index (χ4v) is 1.41. The van der Waals surface area contributed by atoms with Crippen molar-refractivity contribution in [2.75, 3.05) is 0 Å². The van der Waals surface area contributed by atoms with Crippen LogP contribution in [-0.4, -0.2) is 0 Å². The molecule has 2 aromatic carbocycles. The molecule has 0 fully saturated rings. The van der Waals surface area contributed by atoms with Gasteiger partial charge in [-0.25, -0.2) is 31.7 Å². The summed E-state index contributed by atoms with van der Waals surface area (Å²) < 4.78 is 0. The van der Waals surface area contributed by atoms with Crippen molar-refractivity contribution in [3.05, 3.63) is 93.3 Å². The first-order valence-corrected chi connectivity index (χ1v) is 7.31. The van der Waals surface area contributed by atoms with Crippen molar-refractivity contribution in [3.63, 3.8) is 0 Å². The van der Waals surface area contributed by atoms with Crippen molar-refractivity contribution < 1.29 is 26.2 Å². The van der Waals surface area contributed by atoms with Crippen molar-refractivity contribution >= 4 is 35.6 Å². The summed E-state index contributed by atoms with van der Waals surface area (Å²) in [4.78, 5) is 0. The fraction of sp³-hybridized carbons (Fsp3) is 0.190. The number of unbranched alkanes of at least 4 members (excludes halogenated alkanes) is 1. The number of benzene rings is 1. The first kappa shape index (κ1) is 31.2. The molecule has 0 saturated carbocycles. The predicted octanol–water partition coefficient (Wildman–Crippen LogP) is 7.33. The van der Waals surface area contributed by atoms with Crippen LogP contribution in [0.2, 0.25) is 0 Å². The molecule has 0 aromatic heterocycles. The summed E-state index contributed by atoms with van der Waals surface area (Å²) in [6.45, 7) is 12.2. The molecule has 0 aliphatic heterocycles. The Bertz CT molecular complexity index is 485. The Morgan fingerprint density at radius 2 is 1.83 bits per heavy atom. The molecule has 0 radical (unpaired) electrons. The van der Waals surface area contributed by atoms with Gasteiger partial charge in [0.15, 0.2) is 0 Å². The van der Waals surface area contributed by atoms with Gasteiger partial charge in [-0.2, -0.15) is 30.0 Å². The summed E-state index contributed by atoms with van der Waals surface area (Å²) in [6, 6.07) is 14.7. The van der Waals surface area contributed by atoms with Crippen LogP contribution in [0, 0.1) is 19.9 Å². The number of halogens is 2. The van der Waals surface area contributed by atoms with Gasteiger partial charge >= 0.3 is 26.2 Å². The summed E-state index contributed by atoms with van der Waals surface area (Å²) in [5.41, 5.74) is 0. The van der Waals surface area contributed by atoms with Crippen molar-refractivity contribution in [1.29, 1.82) is 0 Å². The molecule has 3 rings (SSSR count). The molecule has 0 nitrogen and oxygen atoms in total. The van der Waals surface area contributed by atoms with E-state index in [9.17, 15) is 0 Å². The maximum absolute atomic E-state index is 3.60. The average molecular weight is 443 g/mol. The minimum Gasteiger partial charge on any atom is -0.343 e. The molecular weight excluding hydrogens is 414 g/mol. The first-order valence-electron chi connectivity index (χ1n) is 7.31. The Labute approximate surface area is 180 Å². The zero-order valence-corrected chi connectivity index (χ0v) is 18.5. The average Bonchev–Trinajstić information content (AvgIpc) is 3.22. The summed E-state index contributed by atoms with van der Waals surface area (Å²) >= 11 is 0. The first-order chi connectivity index (χ1) is 10.3. The quantitative estimate of drug-likeness (QED) is 0.406. The minimum atomic E-state index is 0. The topological polar surface area (TPSA) is 0 Å². The smallest absolute Gasteiger partial charge is 0.343 e. The summed E-state index contributed by atoms with van der Waals surface area (Å²) in [5, 5.41) is 2.66. The van der Waals surface area contributed by atoms with Crippen molar-refractivity contribution in [2.24, 2.45) is 0 Å². The Morgan fingerprint density at radius 3 is 2.21 bits per heavy atom. The molecule has 0 bridgehead atoms. The maximum atomic E-state index is 3.60. The second-order valence-electron chi connectivity index (χ2n) is 4.30. The normalized spacial score (nSPS) is 9.25. The van der Waals surface area contributed by atoms with Gasteiger partial charge in [-0.1, -0.05) is 19.4 Å². The van der Waals surface area contributed by atoms with Crippen molar-refractivity contribution in [3.8, 4) is 0 Å². The van der Waals surface area contributed by atoms with E-state index in [-0.39, 0.29) is 51.0 Å². The van der Waals surface area contributed by atoms with Gasteiger partial charge in [0.25, 0.3) is 0 Å². The molecule has 0 amide bonds. The van der Waals surface area contributed by atoms with E-state index in [1.807, 2.05) is 12.2 Å². The second-order valence-corrected chi connectivity index (χ2v) is 4.30. The van der Waals surface area contributed by atoms with E-state index in [1.54, 1.807) is 0 Å². The summed E-state index contributed by atoms with van der Waals surface area (Å²) in [7, 11) is 0. The van der Waals surface area contributed by atoms with Gasteiger partial charge in [0.05, 0.1) is 0 Å². The minimum absolute atomic E-state index is 0. The Balaban J connectivity index is -0.000000118. The molecule has 24 heavy (non-hydrogen) atoms. The standard InChI is InChI=1S/C9H7.C5H5.C4H9.C3H5.2ClH.Zr/c1-2-5-9-7-3-6-8(9)4-1;1-2-4-5-3-1;1-3-4-2;1-3-2;;;/h1-7H;1-3H,4H2;1,3-4H2,2H3;3H,1-2H2;2*1H;/q4*-1;;;+4. The van der Waals surface area contributed by atoms with E-state index in [1.165, 1.54) is 23.3 Å². The molecule has 130 valence electrons. The fourth-order valence-electron chi connectivity index (χ4n) is 1.41. The van der Waals surface area contributed by atoms with Crippen LogP contribution < -0.4 is 0 Å². The van der Waals surface area contributed by atoms with E-state index < -0.39 is 0 Å². The summed E-state index contributed by atoms with van der Waals surface area (Å²) in [5.74, 6) is 0. The zero-order chi connectivity index (χ0) is 15.8. The van der Waals surface area contributed by atoms with E-state index >= 15 is 0 Å². The van der Waals surface area contributed by atoms with Gasteiger partial charge < -0.3 is 6.92 Å². The maximum Gasteiger partial charge on any atom is 4.00 e. The molecule has 3 heteroatoms. The molecular formula is C21H28Cl2Zr. The molecule has 1 aliphatic rings. The van der Waals surface area contributed by atoms with Crippen LogP contribution in [0.1, 0.15) is 26.2 Å². The van der Waals surface area contributed by atoms with Crippen LogP contribution in [0.4, 0.5) is 0 Å². The number of hydrogen-bond donors (Lipinski definition) is 0. The third kappa shape index (κ3) is 17.7. The molecule has 0 spiro atoms. The van der Waals surface area contributed by atoms with Crippen molar-refractivity contribution in [1.82, 2.24) is 0 Å². The summed E-state index contributed by atoms with van der Waals surface area (Å²) in [6.07, 6.45) is 13.8. The van der Waals surface area contributed by atoms with E-state index in [4.69, 9.17) is 0 Å². The SMILES string of the molecule is C=C[CH2-].Cl.Cl.[C-]1=CC=CC1.[CH2-]CCC.[Zr+4].c1ccc2[cH-]ccc2c1. The third-order valence-electron chi connectivity index (χ3n) is 2.49. The van der Waals surface area contributed by atoms with Crippen LogP contribution in [0.25, 0.3) is 10.8 Å². The molecule has 1 aliphatic carbocycles. The van der Waals surface area contributed by atoms with Crippen LogP contribution in [0.3, 0.4) is 0 Å². The number of hydrogen-bond acceptors (Lipinski definition) is 0.